The molecule has 1 atom stereocenters. The molecule has 1 N–H and O–H groups in total. The summed E-state index contributed by atoms with van der Waals surface area (Å²) in [5.74, 6) is 0.567. The minimum absolute atomic E-state index is 0.298. The smallest absolute Gasteiger partial charge is 0.342 e. The molecule has 1 aliphatic heterocycles. The summed E-state index contributed by atoms with van der Waals surface area (Å²) in [4.78, 5) is 13.3. The fourth-order valence-electron chi connectivity index (χ4n) is 4.57. The number of halogens is 1. The quantitative estimate of drug-likeness (QED) is 0.294. The molecule has 6 rings (SSSR count). The van der Waals surface area contributed by atoms with E-state index in [0.29, 0.717) is 11.1 Å². The third kappa shape index (κ3) is 2.83. The summed E-state index contributed by atoms with van der Waals surface area (Å²) in [5, 5.41) is 9.28. The molecule has 1 unspecified atom stereocenters. The number of nitrogens with zero attached hydrogens (tertiary/aromatic N) is 2. The van der Waals surface area contributed by atoms with Crippen LogP contribution in [0.2, 0.25) is 0 Å². The topological polar surface area (TPSA) is 60.1 Å². The van der Waals surface area contributed by atoms with Crippen LogP contribution in [0, 0.1) is 6.92 Å². The fraction of sp³-hybridized carbons (Fsp3) is 0.0769. The minimum atomic E-state index is -0.336. The van der Waals surface area contributed by atoms with Gasteiger partial charge in [-0.25, -0.2) is 9.48 Å². The third-order valence-electron chi connectivity index (χ3n) is 5.98. The van der Waals surface area contributed by atoms with Crippen LogP contribution in [0.4, 0.5) is 11.5 Å². The van der Waals surface area contributed by atoms with Crippen molar-refractivity contribution in [2.24, 2.45) is 0 Å². The Morgan fingerprint density at radius 3 is 2.44 bits per heavy atom. The van der Waals surface area contributed by atoms with Crippen LogP contribution < -0.4 is 10.9 Å². The Morgan fingerprint density at radius 2 is 1.66 bits per heavy atom. The summed E-state index contributed by atoms with van der Waals surface area (Å²) in [6.45, 7) is 1.99. The van der Waals surface area contributed by atoms with E-state index >= 15 is 0 Å². The number of nitrogens with one attached hydrogen (secondary N) is 1. The van der Waals surface area contributed by atoms with E-state index in [4.69, 9.17) is 9.52 Å². The number of anilines is 2. The van der Waals surface area contributed by atoms with Gasteiger partial charge in [0.15, 0.2) is 0 Å². The molecule has 32 heavy (non-hydrogen) atoms. The number of hydrogen-bond donors (Lipinski definition) is 1. The monoisotopic (exact) mass is 483 g/mol. The molecular weight excluding hydrogens is 466 g/mol. The van der Waals surface area contributed by atoms with Crippen LogP contribution in [0.3, 0.4) is 0 Å². The predicted molar refractivity (Wildman–Crippen MR) is 129 cm³/mol. The second kappa shape index (κ2) is 7.21. The number of benzene rings is 3. The van der Waals surface area contributed by atoms with Gasteiger partial charge in [0.25, 0.3) is 0 Å². The van der Waals surface area contributed by atoms with Gasteiger partial charge in [-0.1, -0.05) is 58.4 Å². The molecule has 0 saturated heterocycles. The number of hydrogen-bond acceptors (Lipinski definition) is 4. The van der Waals surface area contributed by atoms with E-state index in [1.807, 2.05) is 90.5 Å². The molecule has 5 nitrogen and oxygen atoms in total. The second-order valence-electron chi connectivity index (χ2n) is 7.88. The van der Waals surface area contributed by atoms with Crippen molar-refractivity contribution in [3.8, 4) is 5.69 Å². The van der Waals surface area contributed by atoms with Crippen LogP contribution in [0.25, 0.3) is 16.7 Å². The molecule has 0 radical (unpaired) electrons. The maximum Gasteiger partial charge on any atom is 0.342 e. The summed E-state index contributed by atoms with van der Waals surface area (Å²) in [6.07, 6.45) is 0. The highest BCUT2D eigenvalue weighted by Crippen LogP contribution is 2.47. The largest absolute Gasteiger partial charge is 0.422 e. The first-order valence-corrected chi connectivity index (χ1v) is 11.1. The summed E-state index contributed by atoms with van der Waals surface area (Å²) < 4.78 is 8.65. The first-order valence-electron chi connectivity index (χ1n) is 10.3. The van der Waals surface area contributed by atoms with Gasteiger partial charge in [0.1, 0.15) is 11.4 Å². The zero-order valence-electron chi connectivity index (χ0n) is 17.2. The molecule has 156 valence electrons. The molecule has 0 bridgehead atoms. The maximum atomic E-state index is 13.3. The van der Waals surface area contributed by atoms with Crippen molar-refractivity contribution in [2.45, 2.75) is 12.8 Å². The van der Waals surface area contributed by atoms with Crippen LogP contribution in [0.5, 0.6) is 0 Å². The summed E-state index contributed by atoms with van der Waals surface area (Å²) in [6, 6.07) is 25.7. The van der Waals surface area contributed by atoms with Gasteiger partial charge in [0.2, 0.25) is 0 Å². The van der Waals surface area contributed by atoms with E-state index in [9.17, 15) is 4.79 Å². The lowest BCUT2D eigenvalue weighted by molar-refractivity contribution is 0.548. The molecule has 2 aromatic heterocycles. The summed E-state index contributed by atoms with van der Waals surface area (Å²) >= 11 is 3.52. The van der Waals surface area contributed by atoms with Crippen LogP contribution in [0.1, 0.15) is 28.3 Å². The van der Waals surface area contributed by atoms with E-state index in [0.717, 1.165) is 43.9 Å². The first-order chi connectivity index (χ1) is 15.6. The van der Waals surface area contributed by atoms with Crippen LogP contribution in [-0.2, 0) is 0 Å². The predicted octanol–water partition coefficient (Wildman–Crippen LogP) is 6.29. The van der Waals surface area contributed by atoms with Crippen LogP contribution >= 0.6 is 15.9 Å². The first kappa shape index (κ1) is 19.1. The lowest BCUT2D eigenvalue weighted by atomic mass is 9.82. The highest BCUT2D eigenvalue weighted by Gasteiger charge is 2.36. The van der Waals surface area contributed by atoms with Crippen molar-refractivity contribution in [2.75, 3.05) is 5.32 Å². The normalized spacial score (nSPS) is 14.6. The van der Waals surface area contributed by atoms with Gasteiger partial charge in [-0.2, -0.15) is 5.10 Å². The van der Waals surface area contributed by atoms with Crippen molar-refractivity contribution in [3.05, 3.63) is 116 Å². The Balaban J connectivity index is 1.71. The summed E-state index contributed by atoms with van der Waals surface area (Å²) in [7, 11) is 0. The number of aryl methyl sites for hydroxylation is 1. The Hall–Kier alpha value is -3.64. The van der Waals surface area contributed by atoms with Gasteiger partial charge in [0, 0.05) is 21.3 Å². The van der Waals surface area contributed by atoms with E-state index in [1.54, 1.807) is 0 Å². The van der Waals surface area contributed by atoms with Crippen LogP contribution in [0.15, 0.2) is 92.5 Å². The Kier molecular flexibility index (Phi) is 4.30. The SMILES string of the molecule is Cc1nn(-c2ccccc2)c2c1C(c1ccc(Br)cc1)c1c(c3ccccc3oc1=O)N2. The van der Waals surface area contributed by atoms with Gasteiger partial charge < -0.3 is 9.73 Å². The third-order valence-corrected chi connectivity index (χ3v) is 6.51. The molecule has 5 aromatic rings. The Labute approximate surface area is 192 Å². The molecule has 3 heterocycles. The zero-order valence-corrected chi connectivity index (χ0v) is 18.8. The standard InChI is InChI=1S/C26H18BrN3O2/c1-15-21-22(16-11-13-17(27)14-12-16)23-24(19-9-5-6-10-20(19)32-26(23)31)28-25(21)30(29-15)18-7-3-2-4-8-18/h2-14,22,28H,1H3. The second-order valence-corrected chi connectivity index (χ2v) is 8.79. The molecular formula is C26H18BrN3O2. The van der Waals surface area contributed by atoms with E-state index < -0.39 is 0 Å². The molecule has 1 aliphatic rings. The van der Waals surface area contributed by atoms with E-state index in [2.05, 4.69) is 21.2 Å². The molecule has 0 fully saturated rings. The number of para-hydroxylation sites is 2. The molecule has 0 saturated carbocycles. The molecule has 0 aliphatic carbocycles. The number of rotatable bonds is 2. The van der Waals surface area contributed by atoms with Crippen molar-refractivity contribution in [3.63, 3.8) is 0 Å². The Bertz CT molecular complexity index is 1540. The molecule has 0 amide bonds. The van der Waals surface area contributed by atoms with Gasteiger partial charge in [-0.3, -0.25) is 0 Å². The van der Waals surface area contributed by atoms with Crippen molar-refractivity contribution >= 4 is 38.4 Å². The minimum Gasteiger partial charge on any atom is -0.422 e. The average molecular weight is 484 g/mol. The van der Waals surface area contributed by atoms with Gasteiger partial charge in [-0.15, -0.1) is 0 Å². The maximum absolute atomic E-state index is 13.3. The van der Waals surface area contributed by atoms with E-state index in [1.165, 1.54) is 0 Å². The molecule has 3 aromatic carbocycles. The highest BCUT2D eigenvalue weighted by atomic mass is 79.9. The van der Waals surface area contributed by atoms with Gasteiger partial charge in [0.05, 0.1) is 22.6 Å². The molecule has 6 heteroatoms. The lowest BCUT2D eigenvalue weighted by Crippen LogP contribution is -2.23. The number of fused-ring (bicyclic) bond motifs is 4. The summed E-state index contributed by atoms with van der Waals surface area (Å²) in [5.41, 5.74) is 5.41. The van der Waals surface area contributed by atoms with Gasteiger partial charge in [-0.05, 0) is 48.9 Å². The zero-order chi connectivity index (χ0) is 21.8. The van der Waals surface area contributed by atoms with Crippen molar-refractivity contribution in [1.82, 2.24) is 9.78 Å². The van der Waals surface area contributed by atoms with E-state index in [-0.39, 0.29) is 11.5 Å². The van der Waals surface area contributed by atoms with Crippen molar-refractivity contribution < 1.29 is 4.42 Å². The van der Waals surface area contributed by atoms with Crippen LogP contribution in [-0.4, -0.2) is 9.78 Å². The molecule has 0 spiro atoms. The number of aromatic nitrogens is 2. The fourth-order valence-corrected chi connectivity index (χ4v) is 4.84. The lowest BCUT2D eigenvalue weighted by Gasteiger charge is -2.28. The average Bonchev–Trinajstić information content (AvgIpc) is 3.15. The Morgan fingerprint density at radius 1 is 0.938 bits per heavy atom. The van der Waals surface area contributed by atoms with Gasteiger partial charge >= 0.3 is 5.63 Å². The van der Waals surface area contributed by atoms with Crippen molar-refractivity contribution in [1.29, 1.82) is 0 Å². The highest BCUT2D eigenvalue weighted by molar-refractivity contribution is 9.10.